The molecule has 0 bridgehead atoms. The van der Waals surface area contributed by atoms with Gasteiger partial charge in [-0.15, -0.1) is 0 Å². The lowest BCUT2D eigenvalue weighted by atomic mass is 10.2. The highest BCUT2D eigenvalue weighted by molar-refractivity contribution is 5.96. The molecular weight excluding hydrogens is 128 g/mol. The Morgan fingerprint density at radius 2 is 2.20 bits per heavy atom. The van der Waals surface area contributed by atoms with Gasteiger partial charge >= 0.3 is 0 Å². The third-order valence-electron chi connectivity index (χ3n) is 1.03. The molecule has 0 aliphatic heterocycles. The minimum Gasteiger partial charge on any atom is -0.394 e. The third-order valence-corrected chi connectivity index (χ3v) is 1.03. The molecule has 2 N–H and O–H groups in total. The van der Waals surface area contributed by atoms with E-state index in [1.807, 2.05) is 13.8 Å². The van der Waals surface area contributed by atoms with Crippen LogP contribution in [0.1, 0.15) is 13.8 Å². The van der Waals surface area contributed by atoms with Crippen molar-refractivity contribution in [3.8, 4) is 0 Å². The molecule has 0 saturated carbocycles. The Bertz CT molecular complexity index is 141. The molecule has 0 amide bonds. The van der Waals surface area contributed by atoms with Crippen LogP contribution in [0, 0.1) is 0 Å². The molecule has 0 rings (SSSR count). The van der Waals surface area contributed by atoms with Crippen LogP contribution in [0.4, 0.5) is 0 Å². The SMILES string of the molecule is C=C(C)/C(C)=N/OCCN. The Morgan fingerprint density at radius 1 is 1.60 bits per heavy atom. The molecular formula is C7H14N2O. The Morgan fingerprint density at radius 3 is 2.60 bits per heavy atom. The molecule has 58 valence electrons. The second kappa shape index (κ2) is 4.99. The summed E-state index contributed by atoms with van der Waals surface area (Å²) in [7, 11) is 0. The van der Waals surface area contributed by atoms with E-state index in [1.165, 1.54) is 0 Å². The van der Waals surface area contributed by atoms with E-state index >= 15 is 0 Å². The quantitative estimate of drug-likeness (QED) is 0.360. The first-order chi connectivity index (χ1) is 4.68. The Hall–Kier alpha value is -0.830. The highest BCUT2D eigenvalue weighted by atomic mass is 16.6. The fourth-order valence-electron chi connectivity index (χ4n) is 0.273. The molecule has 3 nitrogen and oxygen atoms in total. The Balaban J connectivity index is 3.58. The minimum atomic E-state index is 0.463. The molecule has 0 aromatic carbocycles. The van der Waals surface area contributed by atoms with Crippen LogP contribution >= 0.6 is 0 Å². The van der Waals surface area contributed by atoms with Gasteiger partial charge in [-0.3, -0.25) is 0 Å². The summed E-state index contributed by atoms with van der Waals surface area (Å²) in [6.45, 7) is 8.37. The molecule has 0 aromatic rings. The van der Waals surface area contributed by atoms with Gasteiger partial charge in [0.15, 0.2) is 0 Å². The summed E-state index contributed by atoms with van der Waals surface area (Å²) in [5.74, 6) is 0. The number of nitrogens with two attached hydrogens (primary N) is 1. The fourth-order valence-corrected chi connectivity index (χ4v) is 0.273. The molecule has 0 aliphatic carbocycles. The standard InChI is InChI=1S/C7H14N2O/c1-6(2)7(3)9-10-5-4-8/h1,4-5,8H2,2-3H3/b9-7+. The lowest BCUT2D eigenvalue weighted by Crippen LogP contribution is -2.06. The van der Waals surface area contributed by atoms with E-state index in [-0.39, 0.29) is 0 Å². The van der Waals surface area contributed by atoms with Crippen molar-refractivity contribution in [3.05, 3.63) is 12.2 Å². The van der Waals surface area contributed by atoms with Crippen molar-refractivity contribution in [3.63, 3.8) is 0 Å². The van der Waals surface area contributed by atoms with Crippen LogP contribution in [0.15, 0.2) is 17.3 Å². The predicted molar refractivity (Wildman–Crippen MR) is 42.9 cm³/mol. The van der Waals surface area contributed by atoms with Crippen molar-refractivity contribution in [2.45, 2.75) is 13.8 Å². The van der Waals surface area contributed by atoms with Crippen LogP contribution < -0.4 is 5.73 Å². The molecule has 0 heterocycles. The van der Waals surface area contributed by atoms with Crippen molar-refractivity contribution in [1.29, 1.82) is 0 Å². The first-order valence-electron chi connectivity index (χ1n) is 3.21. The number of allylic oxidation sites excluding steroid dienone is 1. The molecule has 3 heteroatoms. The monoisotopic (exact) mass is 142 g/mol. The fraction of sp³-hybridized carbons (Fsp3) is 0.571. The third kappa shape index (κ3) is 4.09. The van der Waals surface area contributed by atoms with E-state index in [0.29, 0.717) is 13.2 Å². The smallest absolute Gasteiger partial charge is 0.129 e. The van der Waals surface area contributed by atoms with Gasteiger partial charge in [0.1, 0.15) is 6.61 Å². The van der Waals surface area contributed by atoms with Crippen LogP contribution in [0.2, 0.25) is 0 Å². The van der Waals surface area contributed by atoms with Crippen molar-refractivity contribution in [1.82, 2.24) is 0 Å². The van der Waals surface area contributed by atoms with Crippen LogP contribution in [-0.2, 0) is 4.84 Å². The molecule has 0 radical (unpaired) electrons. The zero-order valence-electron chi connectivity index (χ0n) is 6.55. The Kier molecular flexibility index (Phi) is 4.58. The summed E-state index contributed by atoms with van der Waals surface area (Å²) in [5.41, 5.74) is 6.90. The number of rotatable bonds is 4. The van der Waals surface area contributed by atoms with Gasteiger partial charge in [0.2, 0.25) is 0 Å². The average Bonchev–Trinajstić information content (AvgIpc) is 1.88. The molecule has 0 aromatic heterocycles. The number of nitrogens with zero attached hydrogens (tertiary/aromatic N) is 1. The number of hydrogen-bond donors (Lipinski definition) is 1. The van der Waals surface area contributed by atoms with Crippen molar-refractivity contribution < 1.29 is 4.84 Å². The van der Waals surface area contributed by atoms with E-state index in [4.69, 9.17) is 10.6 Å². The predicted octanol–water partition coefficient (Wildman–Crippen LogP) is 0.914. The summed E-state index contributed by atoms with van der Waals surface area (Å²) in [6.07, 6.45) is 0. The highest BCUT2D eigenvalue weighted by Gasteiger charge is 1.89. The normalized spacial score (nSPS) is 11.3. The van der Waals surface area contributed by atoms with Gasteiger partial charge in [0.05, 0.1) is 5.71 Å². The lowest BCUT2D eigenvalue weighted by Gasteiger charge is -1.98. The van der Waals surface area contributed by atoms with E-state index in [2.05, 4.69) is 11.7 Å². The first kappa shape index (κ1) is 9.17. The second-order valence-corrected chi connectivity index (χ2v) is 2.08. The van der Waals surface area contributed by atoms with E-state index < -0.39 is 0 Å². The molecule has 0 atom stereocenters. The van der Waals surface area contributed by atoms with Gasteiger partial charge in [0, 0.05) is 6.54 Å². The van der Waals surface area contributed by atoms with Gasteiger partial charge in [-0.2, -0.15) is 0 Å². The molecule has 0 unspecified atom stereocenters. The minimum absolute atomic E-state index is 0.463. The van der Waals surface area contributed by atoms with Crippen LogP contribution in [0.5, 0.6) is 0 Å². The van der Waals surface area contributed by atoms with E-state index in [0.717, 1.165) is 11.3 Å². The summed E-state index contributed by atoms with van der Waals surface area (Å²) in [5, 5.41) is 3.75. The van der Waals surface area contributed by atoms with Gasteiger partial charge in [-0.25, -0.2) is 0 Å². The van der Waals surface area contributed by atoms with Gasteiger partial charge < -0.3 is 10.6 Å². The van der Waals surface area contributed by atoms with Crippen molar-refractivity contribution in [2.24, 2.45) is 10.9 Å². The average molecular weight is 142 g/mol. The summed E-state index contributed by atoms with van der Waals surface area (Å²) in [4.78, 5) is 4.81. The molecule has 0 fully saturated rings. The molecule has 0 spiro atoms. The summed E-state index contributed by atoms with van der Waals surface area (Å²) in [6, 6.07) is 0. The van der Waals surface area contributed by atoms with Crippen LogP contribution in [-0.4, -0.2) is 18.9 Å². The summed E-state index contributed by atoms with van der Waals surface area (Å²) < 4.78 is 0. The van der Waals surface area contributed by atoms with Gasteiger partial charge in [0.25, 0.3) is 0 Å². The van der Waals surface area contributed by atoms with Crippen LogP contribution in [0.3, 0.4) is 0 Å². The van der Waals surface area contributed by atoms with Crippen molar-refractivity contribution in [2.75, 3.05) is 13.2 Å². The maximum absolute atomic E-state index is 5.17. The second-order valence-electron chi connectivity index (χ2n) is 2.08. The van der Waals surface area contributed by atoms with E-state index in [9.17, 15) is 0 Å². The zero-order valence-corrected chi connectivity index (χ0v) is 6.55. The maximum atomic E-state index is 5.17. The summed E-state index contributed by atoms with van der Waals surface area (Å²) >= 11 is 0. The lowest BCUT2D eigenvalue weighted by molar-refractivity contribution is 0.152. The van der Waals surface area contributed by atoms with E-state index in [1.54, 1.807) is 0 Å². The van der Waals surface area contributed by atoms with Gasteiger partial charge in [-0.1, -0.05) is 11.7 Å². The molecule has 0 saturated heterocycles. The van der Waals surface area contributed by atoms with Gasteiger partial charge in [-0.05, 0) is 19.4 Å². The highest BCUT2D eigenvalue weighted by Crippen LogP contribution is 1.91. The van der Waals surface area contributed by atoms with Crippen LogP contribution in [0.25, 0.3) is 0 Å². The number of oxime groups is 1. The maximum Gasteiger partial charge on any atom is 0.129 e. The molecule has 0 aliphatic rings. The zero-order chi connectivity index (χ0) is 7.98. The topological polar surface area (TPSA) is 47.6 Å². The first-order valence-corrected chi connectivity index (χ1v) is 3.21. The Labute approximate surface area is 61.5 Å². The molecule has 10 heavy (non-hydrogen) atoms. The van der Waals surface area contributed by atoms with Crippen molar-refractivity contribution >= 4 is 5.71 Å². The number of hydrogen-bond acceptors (Lipinski definition) is 3. The largest absolute Gasteiger partial charge is 0.394 e.